The second kappa shape index (κ2) is 11.2. The summed E-state index contributed by atoms with van der Waals surface area (Å²) in [5.74, 6) is 0.00322. The van der Waals surface area contributed by atoms with Gasteiger partial charge in [0, 0.05) is 24.0 Å². The maximum absolute atomic E-state index is 13.5. The molecule has 30 heavy (non-hydrogen) atoms. The van der Waals surface area contributed by atoms with Crippen molar-refractivity contribution >= 4 is 23.3 Å². The Labute approximate surface area is 184 Å². The first kappa shape index (κ1) is 22.3. The first-order valence-corrected chi connectivity index (χ1v) is 11.9. The number of thiophene rings is 1. The van der Waals surface area contributed by atoms with E-state index in [2.05, 4.69) is 23.7 Å². The minimum Gasteiger partial charge on any atom is -0.338 e. The third-order valence-electron chi connectivity index (χ3n) is 5.78. The van der Waals surface area contributed by atoms with Gasteiger partial charge in [-0.3, -0.25) is 4.79 Å². The van der Waals surface area contributed by atoms with E-state index in [4.69, 9.17) is 0 Å². The van der Waals surface area contributed by atoms with E-state index in [0.29, 0.717) is 19.6 Å². The molecule has 1 aromatic carbocycles. The fourth-order valence-electron chi connectivity index (χ4n) is 4.03. The highest BCUT2D eigenvalue weighted by molar-refractivity contribution is 7.10. The van der Waals surface area contributed by atoms with Gasteiger partial charge in [0.05, 0.1) is 6.54 Å². The molecule has 1 N–H and O–H groups in total. The summed E-state index contributed by atoms with van der Waals surface area (Å²) < 4.78 is 0. The van der Waals surface area contributed by atoms with E-state index in [1.165, 1.54) is 16.9 Å². The molecule has 162 valence electrons. The minimum atomic E-state index is -0.121. The maximum Gasteiger partial charge on any atom is 0.318 e. The number of urea groups is 1. The molecule has 6 heteroatoms. The van der Waals surface area contributed by atoms with Crippen LogP contribution in [0.15, 0.2) is 41.8 Å². The molecule has 5 nitrogen and oxygen atoms in total. The van der Waals surface area contributed by atoms with Crippen LogP contribution in [0.25, 0.3) is 0 Å². The van der Waals surface area contributed by atoms with Crippen LogP contribution >= 0.6 is 11.3 Å². The quantitative estimate of drug-likeness (QED) is 0.648. The number of carbonyl (C=O) groups is 2. The minimum absolute atomic E-state index is 0.00322. The summed E-state index contributed by atoms with van der Waals surface area (Å²) in [6.45, 7) is 5.82. The largest absolute Gasteiger partial charge is 0.338 e. The van der Waals surface area contributed by atoms with Crippen molar-refractivity contribution in [2.24, 2.45) is 0 Å². The zero-order valence-corrected chi connectivity index (χ0v) is 18.9. The Kier molecular flexibility index (Phi) is 8.31. The third kappa shape index (κ3) is 6.08. The number of benzene rings is 1. The molecule has 1 aliphatic carbocycles. The van der Waals surface area contributed by atoms with Crippen molar-refractivity contribution in [3.63, 3.8) is 0 Å². The Morgan fingerprint density at radius 3 is 2.43 bits per heavy atom. The molecule has 0 aliphatic heterocycles. The molecule has 0 radical (unpaired) electrons. The lowest BCUT2D eigenvalue weighted by Crippen LogP contribution is -2.51. The molecule has 1 saturated carbocycles. The average Bonchev–Trinajstić information content (AvgIpc) is 3.17. The van der Waals surface area contributed by atoms with Gasteiger partial charge in [-0.15, -0.1) is 11.3 Å². The lowest BCUT2D eigenvalue weighted by molar-refractivity contribution is -0.133. The molecule has 0 atom stereocenters. The number of hydrogen-bond donors (Lipinski definition) is 1. The summed E-state index contributed by atoms with van der Waals surface area (Å²) in [6.07, 6.45) is 5.42. The van der Waals surface area contributed by atoms with E-state index in [9.17, 15) is 9.59 Å². The molecule has 1 aromatic heterocycles. The van der Waals surface area contributed by atoms with Crippen molar-refractivity contribution < 1.29 is 9.59 Å². The van der Waals surface area contributed by atoms with Crippen LogP contribution in [0, 0.1) is 6.92 Å². The third-order valence-corrected chi connectivity index (χ3v) is 6.79. The van der Waals surface area contributed by atoms with Crippen molar-refractivity contribution in [2.75, 3.05) is 13.1 Å². The molecule has 3 amide bonds. The highest BCUT2D eigenvalue weighted by Gasteiger charge is 2.29. The molecule has 1 aliphatic rings. The Hall–Kier alpha value is -2.34. The SMILES string of the molecule is CCNC(=O)N(CC(=O)N(Cc1ccccc1)Cc1sccc1C)C1CCCCC1. The van der Waals surface area contributed by atoms with Crippen molar-refractivity contribution in [3.05, 3.63) is 57.8 Å². The van der Waals surface area contributed by atoms with Gasteiger partial charge in [0.15, 0.2) is 0 Å². The smallest absolute Gasteiger partial charge is 0.318 e. The fourth-order valence-corrected chi connectivity index (χ4v) is 4.95. The van der Waals surface area contributed by atoms with Gasteiger partial charge in [0.1, 0.15) is 6.54 Å². The second-order valence-electron chi connectivity index (χ2n) is 8.02. The Bertz CT molecular complexity index is 815. The predicted octanol–water partition coefficient (Wildman–Crippen LogP) is 4.95. The number of rotatable bonds is 8. The summed E-state index contributed by atoms with van der Waals surface area (Å²) in [6, 6.07) is 12.2. The van der Waals surface area contributed by atoms with Crippen LogP contribution in [-0.2, 0) is 17.9 Å². The summed E-state index contributed by atoms with van der Waals surface area (Å²) in [4.78, 5) is 31.1. The molecular weight excluding hydrogens is 394 g/mol. The van der Waals surface area contributed by atoms with Crippen LogP contribution in [0.3, 0.4) is 0 Å². The van der Waals surface area contributed by atoms with Gasteiger partial charge in [-0.25, -0.2) is 4.79 Å². The summed E-state index contributed by atoms with van der Waals surface area (Å²) in [5.41, 5.74) is 2.31. The number of aryl methyl sites for hydroxylation is 1. The van der Waals surface area contributed by atoms with E-state index in [-0.39, 0.29) is 24.5 Å². The number of nitrogens with zero attached hydrogens (tertiary/aromatic N) is 2. The average molecular weight is 428 g/mol. The van der Waals surface area contributed by atoms with Crippen LogP contribution in [0.4, 0.5) is 4.79 Å². The molecule has 3 rings (SSSR count). The molecule has 0 unspecified atom stereocenters. The van der Waals surface area contributed by atoms with Crippen molar-refractivity contribution in [3.8, 4) is 0 Å². The first-order chi connectivity index (χ1) is 14.6. The summed E-state index contributed by atoms with van der Waals surface area (Å²) in [5, 5.41) is 4.98. The number of carbonyl (C=O) groups excluding carboxylic acids is 2. The molecular formula is C24H33N3O2S. The summed E-state index contributed by atoms with van der Waals surface area (Å²) >= 11 is 1.68. The van der Waals surface area contributed by atoms with Crippen LogP contribution in [0.5, 0.6) is 0 Å². The number of hydrogen-bond acceptors (Lipinski definition) is 3. The predicted molar refractivity (Wildman–Crippen MR) is 122 cm³/mol. The van der Waals surface area contributed by atoms with Gasteiger partial charge in [-0.1, -0.05) is 49.6 Å². The monoisotopic (exact) mass is 427 g/mol. The van der Waals surface area contributed by atoms with Gasteiger partial charge in [-0.2, -0.15) is 0 Å². The number of nitrogens with one attached hydrogen (secondary N) is 1. The van der Waals surface area contributed by atoms with Crippen LogP contribution < -0.4 is 5.32 Å². The van der Waals surface area contributed by atoms with E-state index in [1.54, 1.807) is 16.2 Å². The van der Waals surface area contributed by atoms with Crippen LogP contribution in [0.1, 0.15) is 55.0 Å². The van der Waals surface area contributed by atoms with Gasteiger partial charge in [0.25, 0.3) is 0 Å². The molecule has 0 bridgehead atoms. The molecule has 1 heterocycles. The van der Waals surface area contributed by atoms with Gasteiger partial charge in [0.2, 0.25) is 5.91 Å². The first-order valence-electron chi connectivity index (χ1n) is 11.0. The normalized spacial score (nSPS) is 14.3. The van der Waals surface area contributed by atoms with E-state index in [0.717, 1.165) is 31.2 Å². The second-order valence-corrected chi connectivity index (χ2v) is 9.02. The lowest BCUT2D eigenvalue weighted by Gasteiger charge is -2.35. The Morgan fingerprint density at radius 1 is 1.07 bits per heavy atom. The van der Waals surface area contributed by atoms with Crippen molar-refractivity contribution in [2.45, 2.75) is 65.1 Å². The molecule has 0 saturated heterocycles. The van der Waals surface area contributed by atoms with E-state index < -0.39 is 0 Å². The van der Waals surface area contributed by atoms with E-state index >= 15 is 0 Å². The Morgan fingerprint density at radius 2 is 1.80 bits per heavy atom. The van der Waals surface area contributed by atoms with Gasteiger partial charge >= 0.3 is 6.03 Å². The van der Waals surface area contributed by atoms with Gasteiger partial charge < -0.3 is 15.1 Å². The van der Waals surface area contributed by atoms with Crippen LogP contribution in [-0.4, -0.2) is 40.9 Å². The van der Waals surface area contributed by atoms with E-state index in [1.807, 2.05) is 42.2 Å². The molecule has 1 fully saturated rings. The zero-order valence-electron chi connectivity index (χ0n) is 18.1. The highest BCUT2D eigenvalue weighted by Crippen LogP contribution is 2.24. The lowest BCUT2D eigenvalue weighted by atomic mass is 9.94. The van der Waals surface area contributed by atoms with Crippen molar-refractivity contribution in [1.29, 1.82) is 0 Å². The molecule has 0 spiro atoms. The van der Waals surface area contributed by atoms with Gasteiger partial charge in [-0.05, 0) is 49.3 Å². The Balaban J connectivity index is 1.78. The zero-order chi connectivity index (χ0) is 21.3. The summed E-state index contributed by atoms with van der Waals surface area (Å²) in [7, 11) is 0. The topological polar surface area (TPSA) is 52.7 Å². The van der Waals surface area contributed by atoms with Crippen molar-refractivity contribution in [1.82, 2.24) is 15.1 Å². The standard InChI is InChI=1S/C24H33N3O2S/c1-3-25-24(29)27(21-12-8-5-9-13-21)18-23(28)26(16-20-10-6-4-7-11-20)17-22-19(2)14-15-30-22/h4,6-7,10-11,14-15,21H,3,5,8-9,12-13,16-18H2,1-2H3,(H,25,29). The molecule has 2 aromatic rings. The highest BCUT2D eigenvalue weighted by atomic mass is 32.1. The number of amides is 3. The van der Waals surface area contributed by atoms with Crippen LogP contribution in [0.2, 0.25) is 0 Å². The fraction of sp³-hybridized carbons (Fsp3) is 0.500. The maximum atomic E-state index is 13.5.